The Morgan fingerprint density at radius 1 is 1.35 bits per heavy atom. The van der Waals surface area contributed by atoms with Gasteiger partial charge in [-0.05, 0) is 19.1 Å². The van der Waals surface area contributed by atoms with Crippen molar-refractivity contribution in [3.8, 4) is 5.75 Å². The molecule has 4 N–H and O–H groups in total. The van der Waals surface area contributed by atoms with Gasteiger partial charge in [-0.2, -0.15) is 4.98 Å². The van der Waals surface area contributed by atoms with Crippen LogP contribution >= 0.6 is 0 Å². The Balaban J connectivity index is 1.91. The highest BCUT2D eigenvalue weighted by Gasteiger charge is 2.07. The summed E-state index contributed by atoms with van der Waals surface area (Å²) < 4.78 is 30.5. The van der Waals surface area contributed by atoms with Crippen LogP contribution in [0.1, 0.15) is 6.92 Å². The van der Waals surface area contributed by atoms with Gasteiger partial charge in [0.2, 0.25) is 21.9 Å². The maximum absolute atomic E-state index is 11.2. The van der Waals surface area contributed by atoms with Crippen LogP contribution < -0.4 is 20.5 Å². The van der Waals surface area contributed by atoms with Gasteiger partial charge < -0.3 is 15.8 Å². The van der Waals surface area contributed by atoms with Gasteiger partial charge in [0.25, 0.3) is 0 Å². The van der Waals surface area contributed by atoms with E-state index >= 15 is 0 Å². The van der Waals surface area contributed by atoms with Crippen LogP contribution in [0.25, 0.3) is 0 Å². The topological polar surface area (TPSA) is 132 Å². The lowest BCUT2D eigenvalue weighted by Gasteiger charge is -2.15. The number of anilines is 3. The summed E-state index contributed by atoms with van der Waals surface area (Å²) in [5, 5.41) is 3.03. The molecule has 0 aliphatic carbocycles. The lowest BCUT2D eigenvalue weighted by Crippen LogP contribution is -2.25. The maximum Gasteiger partial charge on any atom is 0.229 e. The van der Waals surface area contributed by atoms with Gasteiger partial charge in [-0.25, -0.2) is 18.4 Å². The largest absolute Gasteiger partial charge is 0.491 e. The monoisotopic (exact) mass is 338 g/mol. The van der Waals surface area contributed by atoms with Gasteiger partial charge >= 0.3 is 0 Å². The van der Waals surface area contributed by atoms with Gasteiger partial charge in [-0.1, -0.05) is 6.07 Å². The SMILES string of the molecule is CC(COc1cccc(NS(C)(=O)=O)c1)Nc1ncnc(N)n1. The summed E-state index contributed by atoms with van der Waals surface area (Å²) in [5.41, 5.74) is 5.92. The molecular weight excluding hydrogens is 320 g/mol. The van der Waals surface area contributed by atoms with Crippen LogP contribution in [-0.2, 0) is 10.0 Å². The number of nitrogens with two attached hydrogens (primary N) is 1. The van der Waals surface area contributed by atoms with Crippen molar-refractivity contribution in [3.05, 3.63) is 30.6 Å². The first-order chi connectivity index (χ1) is 10.8. The first kappa shape index (κ1) is 16.7. The quantitative estimate of drug-likeness (QED) is 0.672. The van der Waals surface area contributed by atoms with Gasteiger partial charge in [-0.3, -0.25) is 4.72 Å². The molecule has 9 nitrogen and oxygen atoms in total. The van der Waals surface area contributed by atoms with E-state index in [-0.39, 0.29) is 12.0 Å². The zero-order chi connectivity index (χ0) is 16.9. The standard InChI is InChI=1S/C13H18N6O3S/c1-9(17-13-16-8-15-12(14)18-13)7-22-11-5-3-4-10(6-11)19-23(2,20)21/h3-6,8-9,19H,7H2,1-2H3,(H3,14,15,16,17,18). The van der Waals surface area contributed by atoms with Gasteiger partial charge in [0, 0.05) is 6.07 Å². The molecule has 0 saturated heterocycles. The minimum atomic E-state index is -3.32. The van der Waals surface area contributed by atoms with E-state index in [2.05, 4.69) is 25.0 Å². The Kier molecular flexibility index (Phi) is 5.16. The number of nitrogens with zero attached hydrogens (tertiary/aromatic N) is 3. The molecule has 0 aliphatic heterocycles. The number of aromatic nitrogens is 3. The van der Waals surface area contributed by atoms with Crippen LogP contribution in [0.5, 0.6) is 5.75 Å². The normalized spacial score (nSPS) is 12.4. The molecule has 0 spiro atoms. The van der Waals surface area contributed by atoms with Crippen molar-refractivity contribution in [2.75, 3.05) is 28.6 Å². The highest BCUT2D eigenvalue weighted by molar-refractivity contribution is 7.92. The van der Waals surface area contributed by atoms with Crippen LogP contribution in [0.4, 0.5) is 17.6 Å². The minimum absolute atomic E-state index is 0.0941. The van der Waals surface area contributed by atoms with Crippen LogP contribution in [0.15, 0.2) is 30.6 Å². The van der Waals surface area contributed by atoms with Gasteiger partial charge in [-0.15, -0.1) is 0 Å². The summed E-state index contributed by atoms with van der Waals surface area (Å²) in [4.78, 5) is 11.6. The molecule has 1 atom stereocenters. The fraction of sp³-hybridized carbons (Fsp3) is 0.308. The average Bonchev–Trinajstić information content (AvgIpc) is 2.44. The Hall–Kier alpha value is -2.62. The van der Waals surface area contributed by atoms with Crippen LogP contribution in [-0.4, -0.2) is 42.3 Å². The highest BCUT2D eigenvalue weighted by Crippen LogP contribution is 2.18. The minimum Gasteiger partial charge on any atom is -0.491 e. The fourth-order valence-corrected chi connectivity index (χ4v) is 2.28. The van der Waals surface area contributed by atoms with Crippen LogP contribution in [0, 0.1) is 0 Å². The summed E-state index contributed by atoms with van der Waals surface area (Å²) in [5.74, 6) is 1.04. The molecule has 0 amide bonds. The zero-order valence-electron chi connectivity index (χ0n) is 12.7. The van der Waals surface area contributed by atoms with E-state index in [9.17, 15) is 8.42 Å². The molecule has 1 aromatic heterocycles. The van der Waals surface area contributed by atoms with Crippen LogP contribution in [0.2, 0.25) is 0 Å². The Labute approximate surface area is 134 Å². The summed E-state index contributed by atoms with van der Waals surface area (Å²) in [7, 11) is -3.32. The molecule has 1 unspecified atom stereocenters. The lowest BCUT2D eigenvalue weighted by atomic mass is 10.3. The third kappa shape index (κ3) is 5.94. The van der Waals surface area contributed by atoms with E-state index < -0.39 is 10.0 Å². The number of sulfonamides is 1. The van der Waals surface area contributed by atoms with E-state index in [0.717, 1.165) is 6.26 Å². The average molecular weight is 338 g/mol. The molecule has 2 rings (SSSR count). The molecule has 2 aromatic rings. The van der Waals surface area contributed by atoms with Crippen molar-refractivity contribution in [1.82, 2.24) is 15.0 Å². The molecular formula is C13H18N6O3S. The maximum atomic E-state index is 11.2. The molecule has 0 fully saturated rings. The third-order valence-corrected chi connectivity index (χ3v) is 3.21. The number of rotatable bonds is 7. The van der Waals surface area contributed by atoms with E-state index in [1.54, 1.807) is 24.3 Å². The molecule has 10 heteroatoms. The Morgan fingerprint density at radius 3 is 2.83 bits per heavy atom. The molecule has 124 valence electrons. The molecule has 23 heavy (non-hydrogen) atoms. The van der Waals surface area contributed by atoms with E-state index in [4.69, 9.17) is 10.5 Å². The summed E-state index contributed by atoms with van der Waals surface area (Å²) in [6, 6.07) is 6.59. The van der Waals surface area contributed by atoms with Crippen molar-refractivity contribution in [1.29, 1.82) is 0 Å². The van der Waals surface area contributed by atoms with Crippen LogP contribution in [0.3, 0.4) is 0 Å². The Bertz CT molecular complexity index is 768. The molecule has 0 aliphatic rings. The van der Waals surface area contributed by atoms with Gasteiger partial charge in [0.05, 0.1) is 18.0 Å². The van der Waals surface area contributed by atoms with E-state index in [0.29, 0.717) is 24.0 Å². The predicted octanol–water partition coefficient (Wildman–Crippen LogP) is 0.705. The van der Waals surface area contributed by atoms with Crippen molar-refractivity contribution in [2.24, 2.45) is 0 Å². The second kappa shape index (κ2) is 7.09. The van der Waals surface area contributed by atoms with E-state index in [1.165, 1.54) is 6.33 Å². The second-order valence-corrected chi connectivity index (χ2v) is 6.67. The first-order valence-corrected chi connectivity index (χ1v) is 8.63. The smallest absolute Gasteiger partial charge is 0.229 e. The fourth-order valence-electron chi connectivity index (χ4n) is 1.73. The molecule has 0 saturated carbocycles. The second-order valence-electron chi connectivity index (χ2n) is 4.93. The van der Waals surface area contributed by atoms with Crippen molar-refractivity contribution in [2.45, 2.75) is 13.0 Å². The predicted molar refractivity (Wildman–Crippen MR) is 87.7 cm³/mol. The number of nitrogen functional groups attached to an aromatic ring is 1. The van der Waals surface area contributed by atoms with Crippen molar-refractivity contribution < 1.29 is 13.2 Å². The number of hydrogen-bond acceptors (Lipinski definition) is 8. The lowest BCUT2D eigenvalue weighted by molar-refractivity contribution is 0.303. The molecule has 1 heterocycles. The zero-order valence-corrected chi connectivity index (χ0v) is 13.5. The molecule has 1 aromatic carbocycles. The highest BCUT2D eigenvalue weighted by atomic mass is 32.2. The number of hydrogen-bond donors (Lipinski definition) is 3. The molecule has 0 bridgehead atoms. The van der Waals surface area contributed by atoms with E-state index in [1.807, 2.05) is 6.92 Å². The number of ether oxygens (including phenoxy) is 1. The summed E-state index contributed by atoms with van der Waals surface area (Å²) >= 11 is 0. The summed E-state index contributed by atoms with van der Waals surface area (Å²) in [6.07, 6.45) is 2.41. The third-order valence-electron chi connectivity index (χ3n) is 2.60. The Morgan fingerprint density at radius 2 is 2.13 bits per heavy atom. The number of benzene rings is 1. The number of nitrogens with one attached hydrogen (secondary N) is 2. The summed E-state index contributed by atoms with van der Waals surface area (Å²) in [6.45, 7) is 2.21. The van der Waals surface area contributed by atoms with Crippen molar-refractivity contribution in [3.63, 3.8) is 0 Å². The first-order valence-electron chi connectivity index (χ1n) is 6.73. The molecule has 0 radical (unpaired) electrons. The van der Waals surface area contributed by atoms with Gasteiger partial charge in [0.1, 0.15) is 18.7 Å². The van der Waals surface area contributed by atoms with Gasteiger partial charge in [0.15, 0.2) is 0 Å². The van der Waals surface area contributed by atoms with Crippen molar-refractivity contribution >= 4 is 27.6 Å².